The number of fused-ring (bicyclic) bond motifs is 4. The van der Waals surface area contributed by atoms with Crippen molar-refractivity contribution >= 4 is 45.0 Å². The SMILES string of the molecule is C1=Cc2c(cccc2-c2c3ccccc3c(C3=CC4=C(CC3)Cc3ccccc3S4)c3ccccc23)CC1. The van der Waals surface area contributed by atoms with Crippen molar-refractivity contribution in [2.75, 3.05) is 0 Å². The number of hydrogen-bond donors (Lipinski definition) is 0. The molecule has 0 atom stereocenters. The van der Waals surface area contributed by atoms with Crippen LogP contribution in [0.5, 0.6) is 0 Å². The summed E-state index contributed by atoms with van der Waals surface area (Å²) in [6.07, 6.45) is 12.8. The van der Waals surface area contributed by atoms with Gasteiger partial charge in [0.2, 0.25) is 0 Å². The van der Waals surface area contributed by atoms with Gasteiger partial charge in [0.1, 0.15) is 0 Å². The van der Waals surface area contributed by atoms with E-state index in [2.05, 4.69) is 109 Å². The molecule has 0 saturated heterocycles. The lowest BCUT2D eigenvalue weighted by Crippen LogP contribution is -2.06. The third kappa shape index (κ3) is 3.46. The van der Waals surface area contributed by atoms with Crippen LogP contribution in [0.25, 0.3) is 44.3 Å². The summed E-state index contributed by atoms with van der Waals surface area (Å²) >= 11 is 1.96. The van der Waals surface area contributed by atoms with Gasteiger partial charge in [0.15, 0.2) is 0 Å². The monoisotopic (exact) mass is 504 g/mol. The number of benzene rings is 5. The van der Waals surface area contributed by atoms with E-state index in [1.54, 1.807) is 5.57 Å². The summed E-state index contributed by atoms with van der Waals surface area (Å²) in [6.45, 7) is 0. The number of hydrogen-bond acceptors (Lipinski definition) is 1. The highest BCUT2D eigenvalue weighted by atomic mass is 32.2. The van der Waals surface area contributed by atoms with Crippen LogP contribution >= 0.6 is 11.8 Å². The second-order valence-corrected chi connectivity index (χ2v) is 11.8. The van der Waals surface area contributed by atoms with Crippen LogP contribution in [0.4, 0.5) is 0 Å². The van der Waals surface area contributed by atoms with Crippen LogP contribution in [0.1, 0.15) is 41.5 Å². The van der Waals surface area contributed by atoms with E-state index in [0.29, 0.717) is 0 Å². The van der Waals surface area contributed by atoms with E-state index < -0.39 is 0 Å². The summed E-state index contributed by atoms with van der Waals surface area (Å²) in [5.74, 6) is 0. The first kappa shape index (κ1) is 22.2. The first-order valence-electron chi connectivity index (χ1n) is 13.8. The average Bonchev–Trinajstić information content (AvgIpc) is 2.98. The minimum absolute atomic E-state index is 1.09. The molecule has 0 radical (unpaired) electrons. The quantitative estimate of drug-likeness (QED) is 0.215. The second-order valence-electron chi connectivity index (χ2n) is 10.7. The minimum atomic E-state index is 1.09. The molecule has 0 unspecified atom stereocenters. The summed E-state index contributed by atoms with van der Waals surface area (Å²) in [5, 5.41) is 5.46. The number of rotatable bonds is 2. The Labute approximate surface area is 228 Å². The molecule has 182 valence electrons. The number of allylic oxidation sites excluding steroid dienone is 4. The van der Waals surface area contributed by atoms with E-state index in [4.69, 9.17) is 0 Å². The van der Waals surface area contributed by atoms with Crippen LogP contribution in [0.2, 0.25) is 0 Å². The standard InChI is InChI=1S/C37H28S/c1-3-13-28-24(10-1)12-9-18-29(28)37-32-16-6-4-14-30(32)36(31-15-5-7-17-33(31)37)27-21-20-26-22-25-11-2-8-19-34(25)38-35(26)23-27/h2-9,11-19,23H,1,10,20-22H2. The predicted molar refractivity (Wildman–Crippen MR) is 164 cm³/mol. The molecule has 0 amide bonds. The van der Waals surface area contributed by atoms with Crippen LogP contribution in [0, 0.1) is 0 Å². The Kier molecular flexibility index (Phi) is 5.19. The summed E-state index contributed by atoms with van der Waals surface area (Å²) in [5.41, 5.74) is 11.6. The fourth-order valence-corrected chi connectivity index (χ4v) is 7.94. The van der Waals surface area contributed by atoms with Gasteiger partial charge in [-0.3, -0.25) is 0 Å². The van der Waals surface area contributed by atoms with Crippen molar-refractivity contribution in [3.8, 4) is 11.1 Å². The lowest BCUT2D eigenvalue weighted by molar-refractivity contribution is 0.903. The van der Waals surface area contributed by atoms with E-state index in [0.717, 1.165) is 32.1 Å². The molecule has 1 aliphatic heterocycles. The smallest absolute Gasteiger partial charge is 0.0157 e. The number of aryl methyl sites for hydroxylation is 1. The Bertz CT molecular complexity index is 1810. The zero-order valence-corrected chi connectivity index (χ0v) is 22.2. The molecular formula is C37H28S. The fourth-order valence-electron chi connectivity index (χ4n) is 6.76. The van der Waals surface area contributed by atoms with Crippen molar-refractivity contribution in [2.24, 2.45) is 0 Å². The highest BCUT2D eigenvalue weighted by Crippen LogP contribution is 2.49. The molecule has 0 fully saturated rings. The zero-order valence-electron chi connectivity index (χ0n) is 21.3. The molecule has 1 heterocycles. The molecule has 0 aromatic heterocycles. The molecule has 0 bridgehead atoms. The third-order valence-corrected chi connectivity index (χ3v) is 9.77. The minimum Gasteiger partial charge on any atom is -0.0898 e. The molecule has 8 rings (SSSR count). The predicted octanol–water partition coefficient (Wildman–Crippen LogP) is 10.4. The summed E-state index contributed by atoms with van der Waals surface area (Å²) in [6, 6.07) is 34.0. The van der Waals surface area contributed by atoms with E-state index in [1.807, 2.05) is 11.8 Å². The van der Waals surface area contributed by atoms with Gasteiger partial charge >= 0.3 is 0 Å². The first-order chi connectivity index (χ1) is 18.8. The Morgan fingerprint density at radius 2 is 1.26 bits per heavy atom. The molecule has 5 aromatic rings. The van der Waals surface area contributed by atoms with E-state index in [-0.39, 0.29) is 0 Å². The molecule has 38 heavy (non-hydrogen) atoms. The normalized spacial score (nSPS) is 16.3. The van der Waals surface area contributed by atoms with Crippen molar-refractivity contribution in [2.45, 2.75) is 37.0 Å². The van der Waals surface area contributed by atoms with Crippen LogP contribution < -0.4 is 0 Å². The fraction of sp³-hybridized carbons (Fsp3) is 0.135. The lowest BCUT2D eigenvalue weighted by Gasteiger charge is -2.27. The molecule has 5 aromatic carbocycles. The van der Waals surface area contributed by atoms with Crippen LogP contribution in [-0.2, 0) is 12.8 Å². The van der Waals surface area contributed by atoms with Crippen LogP contribution in [0.15, 0.2) is 119 Å². The van der Waals surface area contributed by atoms with Gasteiger partial charge in [0.05, 0.1) is 0 Å². The highest BCUT2D eigenvalue weighted by Gasteiger charge is 2.25. The van der Waals surface area contributed by atoms with E-state index in [1.165, 1.54) is 70.3 Å². The van der Waals surface area contributed by atoms with Gasteiger partial charge in [-0.2, -0.15) is 0 Å². The van der Waals surface area contributed by atoms with Crippen molar-refractivity contribution < 1.29 is 0 Å². The third-order valence-electron chi connectivity index (χ3n) is 8.53. The first-order valence-corrected chi connectivity index (χ1v) is 14.6. The van der Waals surface area contributed by atoms with Gasteiger partial charge in [0, 0.05) is 9.80 Å². The summed E-state index contributed by atoms with van der Waals surface area (Å²) in [7, 11) is 0. The Morgan fingerprint density at radius 1 is 0.579 bits per heavy atom. The van der Waals surface area contributed by atoms with Crippen LogP contribution in [0.3, 0.4) is 0 Å². The van der Waals surface area contributed by atoms with Crippen molar-refractivity contribution in [1.29, 1.82) is 0 Å². The molecular weight excluding hydrogens is 476 g/mol. The maximum absolute atomic E-state index is 2.51. The summed E-state index contributed by atoms with van der Waals surface area (Å²) in [4.78, 5) is 2.88. The molecule has 0 nitrogen and oxygen atoms in total. The van der Waals surface area contributed by atoms with Gasteiger partial charge in [0.25, 0.3) is 0 Å². The maximum atomic E-state index is 2.51. The highest BCUT2D eigenvalue weighted by molar-refractivity contribution is 8.03. The van der Waals surface area contributed by atoms with E-state index in [9.17, 15) is 0 Å². The Hall–Kier alpha value is -3.81. The number of thioether (sulfide) groups is 1. The van der Waals surface area contributed by atoms with Gasteiger partial charge in [-0.05, 0) is 105 Å². The van der Waals surface area contributed by atoms with E-state index >= 15 is 0 Å². The van der Waals surface area contributed by atoms with Crippen molar-refractivity contribution in [3.05, 3.63) is 136 Å². The van der Waals surface area contributed by atoms with Gasteiger partial charge in [-0.15, -0.1) is 0 Å². The molecule has 1 heteroatoms. The topological polar surface area (TPSA) is 0 Å². The van der Waals surface area contributed by atoms with Gasteiger partial charge in [-0.1, -0.05) is 114 Å². The summed E-state index contributed by atoms with van der Waals surface area (Å²) < 4.78 is 0. The van der Waals surface area contributed by atoms with Gasteiger partial charge in [-0.25, -0.2) is 0 Å². The zero-order chi connectivity index (χ0) is 25.1. The molecule has 0 spiro atoms. The van der Waals surface area contributed by atoms with Crippen molar-refractivity contribution in [3.63, 3.8) is 0 Å². The van der Waals surface area contributed by atoms with Crippen LogP contribution in [-0.4, -0.2) is 0 Å². The maximum Gasteiger partial charge on any atom is 0.0157 e. The molecule has 2 aliphatic carbocycles. The lowest BCUT2D eigenvalue weighted by atomic mass is 9.81. The Balaban J connectivity index is 1.39. The van der Waals surface area contributed by atoms with Crippen molar-refractivity contribution in [1.82, 2.24) is 0 Å². The molecule has 0 N–H and O–H groups in total. The average molecular weight is 505 g/mol. The Morgan fingerprint density at radius 3 is 2.05 bits per heavy atom. The van der Waals surface area contributed by atoms with Gasteiger partial charge < -0.3 is 0 Å². The second kappa shape index (κ2) is 8.89. The molecule has 3 aliphatic rings. The molecule has 0 saturated carbocycles. The largest absolute Gasteiger partial charge is 0.0898 e.